The van der Waals surface area contributed by atoms with Gasteiger partial charge in [-0.25, -0.2) is 0 Å². The maximum absolute atomic E-state index is 11.6. The number of aliphatic hydroxyl groups excluding tert-OH is 1. The molecule has 0 aromatic carbocycles. The molecule has 0 aliphatic heterocycles. The molecule has 4 nitrogen and oxygen atoms in total. The normalized spacial score (nSPS) is 14.4. The van der Waals surface area contributed by atoms with Gasteiger partial charge in [-0.1, -0.05) is 39.5 Å². The SMILES string of the molecule is CCCCCCC(C)C(=O)OCC(C)OCO. The zero-order chi connectivity index (χ0) is 13.1. The Bertz CT molecular complexity index is 194. The summed E-state index contributed by atoms with van der Waals surface area (Å²) in [6.45, 7) is 5.69. The van der Waals surface area contributed by atoms with Crippen LogP contribution in [-0.4, -0.2) is 30.6 Å². The highest BCUT2D eigenvalue weighted by atomic mass is 16.6. The summed E-state index contributed by atoms with van der Waals surface area (Å²) < 4.78 is 9.96. The van der Waals surface area contributed by atoms with Crippen molar-refractivity contribution in [3.8, 4) is 0 Å². The summed E-state index contributed by atoms with van der Waals surface area (Å²) in [5, 5.41) is 8.52. The van der Waals surface area contributed by atoms with Gasteiger partial charge in [0.15, 0.2) is 0 Å². The molecular formula is C13H26O4. The lowest BCUT2D eigenvalue weighted by molar-refractivity contribution is -0.154. The Labute approximate surface area is 104 Å². The predicted molar refractivity (Wildman–Crippen MR) is 66.5 cm³/mol. The van der Waals surface area contributed by atoms with E-state index in [0.717, 1.165) is 12.8 Å². The average Bonchev–Trinajstić information content (AvgIpc) is 2.31. The van der Waals surface area contributed by atoms with Crippen molar-refractivity contribution in [2.24, 2.45) is 5.92 Å². The smallest absolute Gasteiger partial charge is 0.308 e. The molecule has 0 saturated heterocycles. The van der Waals surface area contributed by atoms with Crippen molar-refractivity contribution < 1.29 is 19.4 Å². The topological polar surface area (TPSA) is 55.8 Å². The first-order valence-corrected chi connectivity index (χ1v) is 6.50. The molecule has 0 aromatic rings. The van der Waals surface area contributed by atoms with Gasteiger partial charge in [-0.3, -0.25) is 4.79 Å². The van der Waals surface area contributed by atoms with Crippen LogP contribution in [0.25, 0.3) is 0 Å². The second kappa shape index (κ2) is 10.5. The molecule has 0 spiro atoms. The van der Waals surface area contributed by atoms with Crippen LogP contribution < -0.4 is 0 Å². The molecular weight excluding hydrogens is 220 g/mol. The van der Waals surface area contributed by atoms with Gasteiger partial charge in [0.25, 0.3) is 0 Å². The number of ether oxygens (including phenoxy) is 2. The molecule has 0 rings (SSSR count). The molecule has 0 saturated carbocycles. The number of carbonyl (C=O) groups excluding carboxylic acids is 1. The van der Waals surface area contributed by atoms with Crippen LogP contribution in [0.4, 0.5) is 0 Å². The Morgan fingerprint density at radius 2 is 1.94 bits per heavy atom. The number of hydrogen-bond donors (Lipinski definition) is 1. The summed E-state index contributed by atoms with van der Waals surface area (Å²) in [5.41, 5.74) is 0. The van der Waals surface area contributed by atoms with E-state index in [9.17, 15) is 4.79 Å². The van der Waals surface area contributed by atoms with Gasteiger partial charge in [-0.05, 0) is 13.3 Å². The van der Waals surface area contributed by atoms with Gasteiger partial charge >= 0.3 is 5.97 Å². The van der Waals surface area contributed by atoms with E-state index in [2.05, 4.69) is 6.92 Å². The molecule has 0 amide bonds. The highest BCUT2D eigenvalue weighted by Gasteiger charge is 2.15. The molecule has 1 N–H and O–H groups in total. The van der Waals surface area contributed by atoms with Gasteiger partial charge in [-0.2, -0.15) is 0 Å². The Morgan fingerprint density at radius 1 is 1.24 bits per heavy atom. The van der Waals surface area contributed by atoms with Gasteiger partial charge in [-0.15, -0.1) is 0 Å². The van der Waals surface area contributed by atoms with Crippen LogP contribution in [0.5, 0.6) is 0 Å². The number of esters is 1. The third-order valence-electron chi connectivity index (χ3n) is 2.71. The van der Waals surface area contributed by atoms with Crippen LogP contribution in [0, 0.1) is 5.92 Å². The minimum atomic E-state index is -0.342. The monoisotopic (exact) mass is 246 g/mol. The van der Waals surface area contributed by atoms with Crippen LogP contribution in [0.2, 0.25) is 0 Å². The average molecular weight is 246 g/mol. The number of aliphatic hydroxyl groups is 1. The van der Waals surface area contributed by atoms with Crippen LogP contribution in [0.15, 0.2) is 0 Å². The van der Waals surface area contributed by atoms with Crippen molar-refractivity contribution in [3.63, 3.8) is 0 Å². The van der Waals surface area contributed by atoms with E-state index in [0.29, 0.717) is 0 Å². The van der Waals surface area contributed by atoms with E-state index < -0.39 is 0 Å². The highest BCUT2D eigenvalue weighted by Crippen LogP contribution is 2.12. The van der Waals surface area contributed by atoms with Crippen molar-refractivity contribution in [1.82, 2.24) is 0 Å². The molecule has 0 radical (unpaired) electrons. The van der Waals surface area contributed by atoms with Crippen LogP contribution in [0.1, 0.15) is 52.9 Å². The first-order chi connectivity index (χ1) is 8.11. The lowest BCUT2D eigenvalue weighted by Gasteiger charge is -2.14. The summed E-state index contributed by atoms with van der Waals surface area (Å²) in [6.07, 6.45) is 5.31. The minimum absolute atomic E-state index is 0.0480. The van der Waals surface area contributed by atoms with Gasteiger partial charge in [0.05, 0.1) is 12.0 Å². The number of hydrogen-bond acceptors (Lipinski definition) is 4. The van der Waals surface area contributed by atoms with E-state index in [1.54, 1.807) is 6.92 Å². The van der Waals surface area contributed by atoms with Crippen LogP contribution in [-0.2, 0) is 14.3 Å². The van der Waals surface area contributed by atoms with Crippen molar-refractivity contribution in [3.05, 3.63) is 0 Å². The van der Waals surface area contributed by atoms with E-state index >= 15 is 0 Å². The molecule has 0 aromatic heterocycles. The summed E-state index contributed by atoms with van der Waals surface area (Å²) in [6, 6.07) is 0. The number of carbonyl (C=O) groups is 1. The minimum Gasteiger partial charge on any atom is -0.463 e. The van der Waals surface area contributed by atoms with Gasteiger partial charge in [0.1, 0.15) is 13.4 Å². The van der Waals surface area contributed by atoms with E-state index in [-0.39, 0.29) is 31.4 Å². The maximum atomic E-state index is 11.6. The summed E-state index contributed by atoms with van der Waals surface area (Å²) in [4.78, 5) is 11.6. The van der Waals surface area contributed by atoms with Crippen molar-refractivity contribution >= 4 is 5.97 Å². The largest absolute Gasteiger partial charge is 0.463 e. The molecule has 0 aliphatic carbocycles. The lowest BCUT2D eigenvalue weighted by Crippen LogP contribution is -2.22. The third kappa shape index (κ3) is 9.12. The fourth-order valence-electron chi connectivity index (χ4n) is 1.51. The fourth-order valence-corrected chi connectivity index (χ4v) is 1.51. The first kappa shape index (κ1) is 16.4. The Balaban J connectivity index is 3.59. The Kier molecular flexibility index (Phi) is 10.2. The highest BCUT2D eigenvalue weighted by molar-refractivity contribution is 5.71. The molecule has 2 atom stereocenters. The van der Waals surface area contributed by atoms with Crippen LogP contribution >= 0.6 is 0 Å². The van der Waals surface area contributed by atoms with Gasteiger partial charge in [0.2, 0.25) is 0 Å². The second-order valence-corrected chi connectivity index (χ2v) is 4.49. The van der Waals surface area contributed by atoms with Crippen molar-refractivity contribution in [1.29, 1.82) is 0 Å². The number of rotatable bonds is 10. The first-order valence-electron chi connectivity index (χ1n) is 6.50. The van der Waals surface area contributed by atoms with E-state index in [1.165, 1.54) is 19.3 Å². The fraction of sp³-hybridized carbons (Fsp3) is 0.923. The van der Waals surface area contributed by atoms with Crippen LogP contribution in [0.3, 0.4) is 0 Å². The Morgan fingerprint density at radius 3 is 2.53 bits per heavy atom. The molecule has 0 aliphatic rings. The second-order valence-electron chi connectivity index (χ2n) is 4.49. The zero-order valence-corrected chi connectivity index (χ0v) is 11.3. The maximum Gasteiger partial charge on any atom is 0.308 e. The summed E-state index contributed by atoms with van der Waals surface area (Å²) in [5.74, 6) is -0.219. The van der Waals surface area contributed by atoms with Crippen molar-refractivity contribution in [2.45, 2.75) is 59.0 Å². The number of unbranched alkanes of at least 4 members (excludes halogenated alkanes) is 3. The molecule has 0 heterocycles. The standard InChI is InChI=1S/C13H26O4/c1-4-5-6-7-8-11(2)13(15)16-9-12(3)17-10-14/h11-12,14H,4-10H2,1-3H3. The van der Waals surface area contributed by atoms with Gasteiger partial charge < -0.3 is 14.6 Å². The molecule has 0 bridgehead atoms. The van der Waals surface area contributed by atoms with E-state index in [4.69, 9.17) is 14.6 Å². The molecule has 2 unspecified atom stereocenters. The molecule has 102 valence electrons. The summed E-state index contributed by atoms with van der Waals surface area (Å²) in [7, 11) is 0. The van der Waals surface area contributed by atoms with Gasteiger partial charge in [0, 0.05) is 0 Å². The summed E-state index contributed by atoms with van der Waals surface area (Å²) >= 11 is 0. The lowest BCUT2D eigenvalue weighted by atomic mass is 10.0. The quantitative estimate of drug-likeness (QED) is 0.365. The van der Waals surface area contributed by atoms with E-state index in [1.807, 2.05) is 6.92 Å². The zero-order valence-electron chi connectivity index (χ0n) is 11.3. The predicted octanol–water partition coefficient (Wildman–Crippen LogP) is 2.49. The molecule has 17 heavy (non-hydrogen) atoms. The Hall–Kier alpha value is -0.610. The third-order valence-corrected chi connectivity index (χ3v) is 2.71. The molecule has 0 fully saturated rings. The van der Waals surface area contributed by atoms with Crippen molar-refractivity contribution in [2.75, 3.05) is 13.4 Å². The molecule has 4 heteroatoms.